The Bertz CT molecular complexity index is 1080. The number of nitrogens with zero attached hydrogens (tertiary/aromatic N) is 4. The first-order valence-electron chi connectivity index (χ1n) is 10.5. The fraction of sp³-hybridized carbons (Fsp3) is 0.304. The number of aromatic nitrogens is 3. The summed E-state index contributed by atoms with van der Waals surface area (Å²) in [5.74, 6) is -0.647. The Morgan fingerprint density at radius 3 is 2.56 bits per heavy atom. The van der Waals surface area contributed by atoms with E-state index in [1.807, 2.05) is 0 Å². The molecule has 0 atom stereocenters. The van der Waals surface area contributed by atoms with Gasteiger partial charge in [0.15, 0.2) is 5.69 Å². The lowest BCUT2D eigenvalue weighted by Crippen LogP contribution is -2.40. The molecule has 32 heavy (non-hydrogen) atoms. The van der Waals surface area contributed by atoms with E-state index < -0.39 is 0 Å². The molecule has 0 aliphatic carbocycles. The summed E-state index contributed by atoms with van der Waals surface area (Å²) in [5, 5.41) is 10.8. The molecule has 0 unspecified atom stereocenters. The van der Waals surface area contributed by atoms with E-state index >= 15 is 0 Å². The topological polar surface area (TPSA) is 89.4 Å². The van der Waals surface area contributed by atoms with Crippen molar-refractivity contribution in [3.05, 3.63) is 71.8 Å². The molecule has 2 amide bonds. The highest BCUT2D eigenvalue weighted by molar-refractivity contribution is 5.94. The van der Waals surface area contributed by atoms with Crippen molar-refractivity contribution in [3.63, 3.8) is 0 Å². The molecular formula is C23H24FN5O3. The summed E-state index contributed by atoms with van der Waals surface area (Å²) in [6.45, 7) is 3.14. The number of aryl methyl sites for hydroxylation is 1. The number of carbonyl (C=O) groups is 2. The number of benzene rings is 2. The van der Waals surface area contributed by atoms with Crippen LogP contribution in [-0.4, -0.2) is 64.6 Å². The number of halogens is 1. The van der Waals surface area contributed by atoms with Crippen molar-refractivity contribution < 1.29 is 18.7 Å². The molecule has 1 fully saturated rings. The second-order valence-electron chi connectivity index (χ2n) is 7.44. The number of nitrogens with one attached hydrogen (secondary N) is 1. The molecule has 9 heteroatoms. The van der Waals surface area contributed by atoms with Gasteiger partial charge in [-0.1, -0.05) is 35.5 Å². The maximum absolute atomic E-state index is 13.9. The fourth-order valence-electron chi connectivity index (χ4n) is 3.48. The first-order chi connectivity index (χ1) is 15.6. The molecule has 0 bridgehead atoms. The van der Waals surface area contributed by atoms with E-state index in [1.165, 1.54) is 6.07 Å². The van der Waals surface area contributed by atoms with Crippen LogP contribution in [0.15, 0.2) is 54.7 Å². The van der Waals surface area contributed by atoms with Crippen LogP contribution in [0.25, 0.3) is 11.1 Å². The second kappa shape index (κ2) is 10.1. The average molecular weight is 437 g/mol. The predicted molar refractivity (Wildman–Crippen MR) is 116 cm³/mol. The molecule has 1 saturated heterocycles. The monoisotopic (exact) mass is 437 g/mol. The predicted octanol–water partition coefficient (Wildman–Crippen LogP) is 2.38. The Morgan fingerprint density at radius 1 is 1.06 bits per heavy atom. The Morgan fingerprint density at radius 2 is 1.81 bits per heavy atom. The van der Waals surface area contributed by atoms with E-state index in [9.17, 15) is 14.0 Å². The third-order valence-corrected chi connectivity index (χ3v) is 5.24. The summed E-state index contributed by atoms with van der Waals surface area (Å²) in [4.78, 5) is 26.5. The van der Waals surface area contributed by atoms with Crippen LogP contribution in [0.3, 0.4) is 0 Å². The third-order valence-electron chi connectivity index (χ3n) is 5.24. The highest BCUT2D eigenvalue weighted by Gasteiger charge is 2.21. The lowest BCUT2D eigenvalue weighted by atomic mass is 10.0. The van der Waals surface area contributed by atoms with E-state index in [0.29, 0.717) is 68.2 Å². The molecule has 166 valence electrons. The number of morpholine rings is 1. The Kier molecular flexibility index (Phi) is 6.86. The molecule has 2 aromatic carbocycles. The normalized spacial score (nSPS) is 13.7. The molecule has 8 nitrogen and oxygen atoms in total. The number of amides is 2. The van der Waals surface area contributed by atoms with Gasteiger partial charge in [0, 0.05) is 37.3 Å². The lowest BCUT2D eigenvalue weighted by molar-refractivity contribution is 0.0299. The minimum absolute atomic E-state index is 0.147. The van der Waals surface area contributed by atoms with Crippen LogP contribution in [-0.2, 0) is 11.3 Å². The Balaban J connectivity index is 1.24. The van der Waals surface area contributed by atoms with Crippen LogP contribution in [0, 0.1) is 5.82 Å². The van der Waals surface area contributed by atoms with Crippen LogP contribution in [0.4, 0.5) is 4.39 Å². The molecule has 1 N–H and O–H groups in total. The quantitative estimate of drug-likeness (QED) is 0.574. The molecule has 0 radical (unpaired) electrons. The lowest BCUT2D eigenvalue weighted by Gasteiger charge is -2.25. The van der Waals surface area contributed by atoms with Crippen molar-refractivity contribution in [2.75, 3.05) is 32.8 Å². The minimum atomic E-state index is -0.299. The van der Waals surface area contributed by atoms with Gasteiger partial charge in [0.25, 0.3) is 11.8 Å². The summed E-state index contributed by atoms with van der Waals surface area (Å²) in [6.07, 6.45) is 2.26. The van der Waals surface area contributed by atoms with Crippen LogP contribution < -0.4 is 5.32 Å². The van der Waals surface area contributed by atoms with Gasteiger partial charge in [-0.15, -0.1) is 5.10 Å². The molecule has 0 saturated carbocycles. The van der Waals surface area contributed by atoms with Crippen molar-refractivity contribution in [2.45, 2.75) is 13.0 Å². The van der Waals surface area contributed by atoms with Crippen molar-refractivity contribution >= 4 is 11.8 Å². The van der Waals surface area contributed by atoms with Crippen LogP contribution in [0.5, 0.6) is 0 Å². The van der Waals surface area contributed by atoms with E-state index in [1.54, 1.807) is 58.2 Å². The maximum atomic E-state index is 13.9. The van der Waals surface area contributed by atoms with Gasteiger partial charge < -0.3 is 15.0 Å². The number of hydrogen-bond donors (Lipinski definition) is 1. The number of ether oxygens (including phenoxy) is 1. The summed E-state index contributed by atoms with van der Waals surface area (Å²) in [7, 11) is 0. The number of hydrogen-bond acceptors (Lipinski definition) is 5. The summed E-state index contributed by atoms with van der Waals surface area (Å²) in [5.41, 5.74) is 2.03. The summed E-state index contributed by atoms with van der Waals surface area (Å²) in [6, 6.07) is 13.3. The summed E-state index contributed by atoms with van der Waals surface area (Å²) < 4.78 is 20.8. The molecule has 1 aromatic heterocycles. The van der Waals surface area contributed by atoms with Crippen LogP contribution in [0.2, 0.25) is 0 Å². The largest absolute Gasteiger partial charge is 0.378 e. The standard InChI is InChI=1S/C23H24FN5O3/c24-20-5-2-1-4-19(20)17-6-8-18(9-7-17)22(30)25-10-3-11-29-16-21(26-27-29)23(31)28-12-14-32-15-13-28/h1-2,4-9,16H,3,10-15H2,(H,25,30). The zero-order valence-electron chi connectivity index (χ0n) is 17.5. The second-order valence-corrected chi connectivity index (χ2v) is 7.44. The number of rotatable bonds is 7. The first kappa shape index (κ1) is 21.6. The molecule has 1 aliphatic heterocycles. The van der Waals surface area contributed by atoms with E-state index in [4.69, 9.17) is 4.74 Å². The highest BCUT2D eigenvalue weighted by atomic mass is 19.1. The fourth-order valence-corrected chi connectivity index (χ4v) is 3.48. The molecule has 1 aliphatic rings. The van der Waals surface area contributed by atoms with Gasteiger partial charge in [0.1, 0.15) is 5.82 Å². The van der Waals surface area contributed by atoms with Crippen molar-refractivity contribution in [3.8, 4) is 11.1 Å². The van der Waals surface area contributed by atoms with Gasteiger partial charge in [-0.2, -0.15) is 0 Å². The SMILES string of the molecule is O=C(NCCCn1cc(C(=O)N2CCOCC2)nn1)c1ccc(-c2ccccc2F)cc1. The zero-order chi connectivity index (χ0) is 22.3. The molecular weight excluding hydrogens is 413 g/mol. The van der Waals surface area contributed by atoms with Gasteiger partial charge >= 0.3 is 0 Å². The van der Waals surface area contributed by atoms with Gasteiger partial charge in [-0.05, 0) is 30.2 Å². The Labute approximate surface area is 185 Å². The third kappa shape index (κ3) is 5.17. The van der Waals surface area contributed by atoms with E-state index in [2.05, 4.69) is 15.6 Å². The van der Waals surface area contributed by atoms with Gasteiger partial charge in [0.2, 0.25) is 0 Å². The maximum Gasteiger partial charge on any atom is 0.276 e. The van der Waals surface area contributed by atoms with Crippen molar-refractivity contribution in [2.24, 2.45) is 0 Å². The average Bonchev–Trinajstić information content (AvgIpc) is 3.31. The van der Waals surface area contributed by atoms with E-state index in [0.717, 1.165) is 0 Å². The molecule has 2 heterocycles. The van der Waals surface area contributed by atoms with Gasteiger partial charge in [-0.25, -0.2) is 4.39 Å². The Hall–Kier alpha value is -3.59. The van der Waals surface area contributed by atoms with E-state index in [-0.39, 0.29) is 17.6 Å². The first-order valence-corrected chi connectivity index (χ1v) is 10.5. The molecule has 0 spiro atoms. The molecule has 3 aromatic rings. The summed E-state index contributed by atoms with van der Waals surface area (Å²) >= 11 is 0. The van der Waals surface area contributed by atoms with Crippen LogP contribution >= 0.6 is 0 Å². The minimum Gasteiger partial charge on any atom is -0.378 e. The zero-order valence-corrected chi connectivity index (χ0v) is 17.5. The number of carbonyl (C=O) groups excluding carboxylic acids is 2. The van der Waals surface area contributed by atoms with Crippen LogP contribution in [0.1, 0.15) is 27.3 Å². The van der Waals surface area contributed by atoms with Crippen molar-refractivity contribution in [1.82, 2.24) is 25.2 Å². The smallest absolute Gasteiger partial charge is 0.276 e. The van der Waals surface area contributed by atoms with Gasteiger partial charge in [0.05, 0.1) is 19.4 Å². The van der Waals surface area contributed by atoms with Gasteiger partial charge in [-0.3, -0.25) is 14.3 Å². The highest BCUT2D eigenvalue weighted by Crippen LogP contribution is 2.22. The van der Waals surface area contributed by atoms with Crippen molar-refractivity contribution in [1.29, 1.82) is 0 Å². The molecule has 4 rings (SSSR count).